The number of methoxy groups -OCH3 is 1. The fourth-order valence-electron chi connectivity index (χ4n) is 3.81. The third kappa shape index (κ3) is 3.88. The molecule has 1 N–H and O–H groups in total. The van der Waals surface area contributed by atoms with Crippen LogP contribution in [0.1, 0.15) is 40.6 Å². The minimum Gasteiger partial charge on any atom is -0.481 e. The van der Waals surface area contributed by atoms with Crippen molar-refractivity contribution in [2.24, 2.45) is 13.0 Å². The Morgan fingerprint density at radius 2 is 2.19 bits per heavy atom. The molecular weight excluding hydrogens is 330 g/mol. The summed E-state index contributed by atoms with van der Waals surface area (Å²) in [6, 6.07) is 5.78. The Labute approximate surface area is 154 Å². The van der Waals surface area contributed by atoms with Gasteiger partial charge in [0.25, 0.3) is 5.91 Å². The molecule has 7 nitrogen and oxygen atoms in total. The zero-order chi connectivity index (χ0) is 18.7. The molecule has 0 radical (unpaired) electrons. The lowest BCUT2D eigenvalue weighted by Gasteiger charge is -2.39. The second-order valence-corrected chi connectivity index (χ2v) is 6.96. The van der Waals surface area contributed by atoms with Crippen LogP contribution in [0.25, 0.3) is 0 Å². The predicted octanol–water partition coefficient (Wildman–Crippen LogP) is 1.95. The van der Waals surface area contributed by atoms with Gasteiger partial charge in [0.1, 0.15) is 0 Å². The molecule has 1 fully saturated rings. The second-order valence-electron chi connectivity index (χ2n) is 6.96. The topological polar surface area (TPSA) is 72.3 Å². The van der Waals surface area contributed by atoms with E-state index in [0.717, 1.165) is 25.1 Å². The van der Waals surface area contributed by atoms with Crippen molar-refractivity contribution in [1.29, 1.82) is 0 Å². The molecule has 1 aliphatic rings. The van der Waals surface area contributed by atoms with E-state index in [1.165, 1.54) is 5.69 Å². The summed E-state index contributed by atoms with van der Waals surface area (Å²) in [5, 5.41) is 7.41. The van der Waals surface area contributed by atoms with E-state index in [2.05, 4.69) is 33.4 Å². The summed E-state index contributed by atoms with van der Waals surface area (Å²) in [4.78, 5) is 19.2. The highest BCUT2D eigenvalue weighted by Gasteiger charge is 2.32. The van der Waals surface area contributed by atoms with Crippen LogP contribution in [-0.2, 0) is 7.05 Å². The van der Waals surface area contributed by atoms with E-state index in [9.17, 15) is 4.79 Å². The molecule has 0 aliphatic carbocycles. The number of likely N-dealkylation sites (tertiary alicyclic amines) is 1. The lowest BCUT2D eigenvalue weighted by Crippen LogP contribution is -2.42. The van der Waals surface area contributed by atoms with E-state index >= 15 is 0 Å². The molecule has 7 heteroatoms. The van der Waals surface area contributed by atoms with Crippen LogP contribution in [0, 0.1) is 12.8 Å². The van der Waals surface area contributed by atoms with E-state index in [-0.39, 0.29) is 11.9 Å². The van der Waals surface area contributed by atoms with Crippen molar-refractivity contribution in [2.45, 2.75) is 25.8 Å². The maximum Gasteiger partial charge on any atom is 0.251 e. The number of piperidine rings is 1. The molecule has 3 heterocycles. The maximum atomic E-state index is 12.6. The van der Waals surface area contributed by atoms with Crippen LogP contribution in [0.5, 0.6) is 5.88 Å². The normalized spacial score (nSPS) is 20.8. The SMILES string of the molecule is COc1cc(C(=O)NC[C@@H]2CCCN(C)[C@H]2c2ccnn2C)cc(C)n1. The molecule has 0 unspecified atom stereocenters. The molecule has 3 rings (SSSR count). The number of ether oxygens (including phenoxy) is 1. The first-order valence-corrected chi connectivity index (χ1v) is 8.98. The summed E-state index contributed by atoms with van der Waals surface area (Å²) < 4.78 is 7.10. The molecule has 140 valence electrons. The number of pyridine rings is 1. The molecule has 0 spiro atoms. The molecule has 0 aromatic carbocycles. The van der Waals surface area contributed by atoms with Crippen molar-refractivity contribution in [1.82, 2.24) is 25.0 Å². The van der Waals surface area contributed by atoms with Crippen molar-refractivity contribution in [2.75, 3.05) is 27.2 Å². The van der Waals surface area contributed by atoms with Crippen molar-refractivity contribution >= 4 is 5.91 Å². The minimum absolute atomic E-state index is 0.0919. The maximum absolute atomic E-state index is 12.6. The van der Waals surface area contributed by atoms with Crippen LogP contribution < -0.4 is 10.1 Å². The molecule has 2 aromatic rings. The van der Waals surface area contributed by atoms with Gasteiger partial charge in [0.15, 0.2) is 0 Å². The van der Waals surface area contributed by atoms with Gasteiger partial charge in [-0.3, -0.25) is 14.4 Å². The van der Waals surface area contributed by atoms with Crippen LogP contribution in [0.15, 0.2) is 24.4 Å². The van der Waals surface area contributed by atoms with Crippen LogP contribution in [-0.4, -0.2) is 52.8 Å². The molecule has 2 atom stereocenters. The lowest BCUT2D eigenvalue weighted by atomic mass is 9.87. The summed E-state index contributed by atoms with van der Waals surface area (Å²) >= 11 is 0. The van der Waals surface area contributed by atoms with Gasteiger partial charge in [-0.05, 0) is 51.4 Å². The number of hydrogen-bond acceptors (Lipinski definition) is 5. The van der Waals surface area contributed by atoms with Gasteiger partial charge in [-0.15, -0.1) is 0 Å². The van der Waals surface area contributed by atoms with E-state index in [1.807, 2.05) is 24.9 Å². The Morgan fingerprint density at radius 3 is 2.88 bits per heavy atom. The van der Waals surface area contributed by atoms with E-state index < -0.39 is 0 Å². The van der Waals surface area contributed by atoms with Gasteiger partial charge in [-0.1, -0.05) is 0 Å². The zero-order valence-corrected chi connectivity index (χ0v) is 15.9. The monoisotopic (exact) mass is 357 g/mol. The van der Waals surface area contributed by atoms with Gasteiger partial charge in [0, 0.05) is 37.1 Å². The van der Waals surface area contributed by atoms with Gasteiger partial charge < -0.3 is 10.1 Å². The fourth-order valence-corrected chi connectivity index (χ4v) is 3.81. The Hall–Kier alpha value is -2.41. The predicted molar refractivity (Wildman–Crippen MR) is 99.2 cm³/mol. The van der Waals surface area contributed by atoms with E-state index in [0.29, 0.717) is 23.9 Å². The van der Waals surface area contributed by atoms with Gasteiger partial charge in [-0.2, -0.15) is 5.10 Å². The van der Waals surface area contributed by atoms with Crippen LogP contribution in [0.3, 0.4) is 0 Å². The first-order chi connectivity index (χ1) is 12.5. The molecule has 1 aliphatic heterocycles. The summed E-state index contributed by atoms with van der Waals surface area (Å²) in [6.45, 7) is 3.54. The summed E-state index contributed by atoms with van der Waals surface area (Å²) in [7, 11) is 5.67. The number of carbonyl (C=O) groups excluding carboxylic acids is 1. The number of carbonyl (C=O) groups is 1. The third-order valence-corrected chi connectivity index (χ3v) is 5.10. The molecule has 1 amide bonds. The van der Waals surface area contributed by atoms with E-state index in [4.69, 9.17) is 4.74 Å². The minimum atomic E-state index is -0.0919. The first kappa shape index (κ1) is 18.4. The Bertz CT molecular complexity index is 773. The number of nitrogens with one attached hydrogen (secondary N) is 1. The van der Waals surface area contributed by atoms with Crippen molar-refractivity contribution in [3.63, 3.8) is 0 Å². The first-order valence-electron chi connectivity index (χ1n) is 8.98. The summed E-state index contributed by atoms with van der Waals surface area (Å²) in [5.41, 5.74) is 2.53. The zero-order valence-electron chi connectivity index (χ0n) is 15.9. The second kappa shape index (κ2) is 7.86. The summed E-state index contributed by atoms with van der Waals surface area (Å²) in [5.74, 6) is 0.712. The number of aromatic nitrogens is 3. The quantitative estimate of drug-likeness (QED) is 0.885. The Balaban J connectivity index is 1.72. The highest BCUT2D eigenvalue weighted by atomic mass is 16.5. The van der Waals surface area contributed by atoms with Gasteiger partial charge in [0.2, 0.25) is 5.88 Å². The molecule has 0 bridgehead atoms. The largest absolute Gasteiger partial charge is 0.481 e. The van der Waals surface area contributed by atoms with Gasteiger partial charge >= 0.3 is 0 Å². The highest BCUT2D eigenvalue weighted by Crippen LogP contribution is 2.34. The highest BCUT2D eigenvalue weighted by molar-refractivity contribution is 5.94. The molecule has 2 aromatic heterocycles. The van der Waals surface area contributed by atoms with Crippen LogP contribution in [0.2, 0.25) is 0 Å². The average Bonchev–Trinajstić information content (AvgIpc) is 3.04. The number of hydrogen-bond donors (Lipinski definition) is 1. The average molecular weight is 357 g/mol. The molecule has 0 saturated carbocycles. The van der Waals surface area contributed by atoms with E-state index in [1.54, 1.807) is 19.2 Å². The van der Waals surface area contributed by atoms with Crippen molar-refractivity contribution < 1.29 is 9.53 Å². The number of amides is 1. The van der Waals surface area contributed by atoms with Crippen molar-refractivity contribution in [3.8, 4) is 5.88 Å². The van der Waals surface area contributed by atoms with Crippen LogP contribution >= 0.6 is 0 Å². The smallest absolute Gasteiger partial charge is 0.251 e. The molecule has 1 saturated heterocycles. The van der Waals surface area contributed by atoms with Crippen LogP contribution in [0.4, 0.5) is 0 Å². The standard InChI is InChI=1S/C19H27N5O2/c1-13-10-15(11-17(22-13)26-4)19(25)20-12-14-6-5-9-23(2)18(14)16-7-8-21-24(16)3/h7-8,10-11,14,18H,5-6,9,12H2,1-4H3,(H,20,25)/t14-,18+/m0/s1. The number of aryl methyl sites for hydroxylation is 2. The summed E-state index contributed by atoms with van der Waals surface area (Å²) in [6.07, 6.45) is 4.05. The number of nitrogens with zero attached hydrogens (tertiary/aromatic N) is 4. The molecule has 26 heavy (non-hydrogen) atoms. The van der Waals surface area contributed by atoms with Crippen molar-refractivity contribution in [3.05, 3.63) is 41.3 Å². The molecular formula is C19H27N5O2. The Morgan fingerprint density at radius 1 is 1.38 bits per heavy atom. The fraction of sp³-hybridized carbons (Fsp3) is 0.526. The third-order valence-electron chi connectivity index (χ3n) is 5.10. The number of rotatable bonds is 5. The van der Waals surface area contributed by atoms with Gasteiger partial charge in [-0.25, -0.2) is 4.98 Å². The lowest BCUT2D eigenvalue weighted by molar-refractivity contribution is 0.0879. The van der Waals surface area contributed by atoms with Gasteiger partial charge in [0.05, 0.1) is 18.8 Å². The Kier molecular flexibility index (Phi) is 5.56.